The third-order valence-corrected chi connectivity index (χ3v) is 3.09. The number of carbonyl (C=O) groups is 1. The maximum atomic E-state index is 11.8. The average Bonchev–Trinajstić information content (AvgIpc) is 2.68. The molecule has 88 valence electrons. The zero-order valence-electron chi connectivity index (χ0n) is 9.40. The number of nitrogens with two attached hydrogens (primary N) is 1. The molecule has 2 atom stereocenters. The maximum Gasteiger partial charge on any atom is 0.290 e. The van der Waals surface area contributed by atoms with Crippen LogP contribution in [0.2, 0.25) is 0 Å². The van der Waals surface area contributed by atoms with E-state index in [1.807, 2.05) is 0 Å². The Kier molecular flexibility index (Phi) is 3.24. The first-order valence-electron chi connectivity index (χ1n) is 5.66. The van der Waals surface area contributed by atoms with Crippen LogP contribution >= 0.6 is 0 Å². The quantitative estimate of drug-likeness (QED) is 0.783. The van der Waals surface area contributed by atoms with Crippen LogP contribution in [0.25, 0.3) is 0 Å². The van der Waals surface area contributed by atoms with E-state index in [1.54, 1.807) is 6.92 Å². The van der Waals surface area contributed by atoms with Gasteiger partial charge in [0, 0.05) is 17.6 Å². The van der Waals surface area contributed by atoms with Gasteiger partial charge < -0.3 is 15.6 Å². The molecule has 1 aliphatic rings. The summed E-state index contributed by atoms with van der Waals surface area (Å²) in [6.07, 6.45) is 5.72. The van der Waals surface area contributed by atoms with Crippen LogP contribution in [0.5, 0.6) is 0 Å². The molecule has 1 amide bonds. The summed E-state index contributed by atoms with van der Waals surface area (Å²) in [7, 11) is 0. The fourth-order valence-corrected chi connectivity index (χ4v) is 2.08. The number of nitrogens with one attached hydrogen (secondary N) is 1. The second kappa shape index (κ2) is 4.65. The summed E-state index contributed by atoms with van der Waals surface area (Å²) in [6, 6.07) is 0.117. The molecule has 0 radical (unpaired) electrons. The van der Waals surface area contributed by atoms with Crippen molar-refractivity contribution in [3.05, 3.63) is 17.5 Å². The number of hydrogen-bond donors (Lipinski definition) is 2. The van der Waals surface area contributed by atoms with E-state index in [0.29, 0.717) is 0 Å². The molecule has 0 unspecified atom stereocenters. The van der Waals surface area contributed by atoms with E-state index in [1.165, 1.54) is 6.20 Å². The molecule has 2 rings (SSSR count). The van der Waals surface area contributed by atoms with E-state index >= 15 is 0 Å². The molecule has 5 heteroatoms. The van der Waals surface area contributed by atoms with Crippen molar-refractivity contribution in [2.75, 3.05) is 0 Å². The van der Waals surface area contributed by atoms with Crippen molar-refractivity contribution in [1.29, 1.82) is 0 Å². The number of hydrogen-bond acceptors (Lipinski definition) is 4. The Morgan fingerprint density at radius 1 is 1.56 bits per heavy atom. The molecule has 5 nitrogen and oxygen atoms in total. The van der Waals surface area contributed by atoms with Crippen LogP contribution in [0.3, 0.4) is 0 Å². The average molecular weight is 223 g/mol. The summed E-state index contributed by atoms with van der Waals surface area (Å²) in [4.78, 5) is 11.8. The third-order valence-electron chi connectivity index (χ3n) is 3.09. The molecule has 16 heavy (non-hydrogen) atoms. The Labute approximate surface area is 94.4 Å². The van der Waals surface area contributed by atoms with Gasteiger partial charge in [0.15, 0.2) is 0 Å². The van der Waals surface area contributed by atoms with Crippen LogP contribution in [0, 0.1) is 6.92 Å². The number of aryl methyl sites for hydroxylation is 1. The zero-order valence-corrected chi connectivity index (χ0v) is 9.40. The summed E-state index contributed by atoms with van der Waals surface area (Å²) in [5.41, 5.74) is 6.71. The van der Waals surface area contributed by atoms with Crippen LogP contribution in [0.15, 0.2) is 10.7 Å². The summed E-state index contributed by atoms with van der Waals surface area (Å²) >= 11 is 0. The SMILES string of the molecule is Cc1cnoc1C(=O)N[C@@H]1CCCC[C@H]1N. The molecule has 0 aliphatic heterocycles. The number of carbonyl (C=O) groups excluding carboxylic acids is 1. The first kappa shape index (κ1) is 11.1. The Hall–Kier alpha value is -1.36. The second-order valence-electron chi connectivity index (χ2n) is 4.37. The van der Waals surface area contributed by atoms with E-state index in [9.17, 15) is 4.79 Å². The van der Waals surface area contributed by atoms with Gasteiger partial charge in [0.2, 0.25) is 5.76 Å². The Morgan fingerprint density at radius 3 is 2.94 bits per heavy atom. The van der Waals surface area contributed by atoms with E-state index in [4.69, 9.17) is 10.3 Å². The van der Waals surface area contributed by atoms with Crippen molar-refractivity contribution in [1.82, 2.24) is 10.5 Å². The fraction of sp³-hybridized carbons (Fsp3) is 0.636. The number of rotatable bonds is 2. The summed E-state index contributed by atoms with van der Waals surface area (Å²) in [5, 5.41) is 6.50. The molecule has 0 bridgehead atoms. The highest BCUT2D eigenvalue weighted by Gasteiger charge is 2.25. The normalized spacial score (nSPS) is 25.4. The fourth-order valence-electron chi connectivity index (χ4n) is 2.08. The third kappa shape index (κ3) is 2.24. The van der Waals surface area contributed by atoms with E-state index in [2.05, 4.69) is 10.5 Å². The highest BCUT2D eigenvalue weighted by molar-refractivity contribution is 5.92. The molecular formula is C11H17N3O2. The predicted octanol–water partition coefficient (Wildman–Crippen LogP) is 0.983. The van der Waals surface area contributed by atoms with Crippen molar-refractivity contribution in [3.63, 3.8) is 0 Å². The molecular weight excluding hydrogens is 206 g/mol. The first-order valence-corrected chi connectivity index (χ1v) is 5.66. The Balaban J connectivity index is 1.99. The van der Waals surface area contributed by atoms with Crippen molar-refractivity contribution >= 4 is 5.91 Å². The standard InChI is InChI=1S/C11H17N3O2/c1-7-6-13-16-10(7)11(15)14-9-5-3-2-4-8(9)12/h6,8-9H,2-5,12H2,1H3,(H,14,15)/t8-,9-/m1/s1. The van der Waals surface area contributed by atoms with E-state index < -0.39 is 0 Å². The Bertz CT molecular complexity index is 375. The van der Waals surface area contributed by atoms with Gasteiger partial charge in [-0.2, -0.15) is 0 Å². The van der Waals surface area contributed by atoms with Crippen LogP contribution in [-0.2, 0) is 0 Å². The van der Waals surface area contributed by atoms with Crippen LogP contribution in [-0.4, -0.2) is 23.1 Å². The van der Waals surface area contributed by atoms with Gasteiger partial charge >= 0.3 is 0 Å². The highest BCUT2D eigenvalue weighted by atomic mass is 16.5. The molecule has 0 spiro atoms. The summed E-state index contributed by atoms with van der Waals surface area (Å²) < 4.78 is 4.90. The van der Waals surface area contributed by atoms with Gasteiger partial charge in [-0.25, -0.2) is 0 Å². The minimum atomic E-state index is -0.211. The topological polar surface area (TPSA) is 81.2 Å². The lowest BCUT2D eigenvalue weighted by atomic mass is 9.91. The van der Waals surface area contributed by atoms with Crippen molar-refractivity contribution in [3.8, 4) is 0 Å². The van der Waals surface area contributed by atoms with Gasteiger partial charge in [-0.1, -0.05) is 18.0 Å². The van der Waals surface area contributed by atoms with Gasteiger partial charge in [-0.05, 0) is 19.8 Å². The largest absolute Gasteiger partial charge is 0.351 e. The van der Waals surface area contributed by atoms with Crippen molar-refractivity contribution in [2.45, 2.75) is 44.7 Å². The second-order valence-corrected chi connectivity index (χ2v) is 4.37. The first-order chi connectivity index (χ1) is 7.68. The molecule has 1 heterocycles. The molecule has 1 aromatic rings. The maximum absolute atomic E-state index is 11.8. The van der Waals surface area contributed by atoms with Gasteiger partial charge in [-0.15, -0.1) is 0 Å². The van der Waals surface area contributed by atoms with Crippen molar-refractivity contribution < 1.29 is 9.32 Å². The predicted molar refractivity (Wildman–Crippen MR) is 58.9 cm³/mol. The van der Waals surface area contributed by atoms with Crippen molar-refractivity contribution in [2.24, 2.45) is 5.73 Å². The molecule has 1 aliphatic carbocycles. The summed E-state index contributed by atoms with van der Waals surface area (Å²) in [6.45, 7) is 1.80. The van der Waals surface area contributed by atoms with E-state index in [-0.39, 0.29) is 23.8 Å². The molecule has 1 aromatic heterocycles. The number of nitrogens with zero attached hydrogens (tertiary/aromatic N) is 1. The smallest absolute Gasteiger partial charge is 0.290 e. The molecule has 0 saturated heterocycles. The molecule has 3 N–H and O–H groups in total. The van der Waals surface area contributed by atoms with Crippen LogP contribution in [0.4, 0.5) is 0 Å². The number of aromatic nitrogens is 1. The van der Waals surface area contributed by atoms with Gasteiger partial charge in [0.05, 0.1) is 6.20 Å². The highest BCUT2D eigenvalue weighted by Crippen LogP contribution is 2.17. The van der Waals surface area contributed by atoms with Gasteiger partial charge in [0.1, 0.15) is 0 Å². The molecule has 1 saturated carbocycles. The lowest BCUT2D eigenvalue weighted by Crippen LogP contribution is -2.49. The van der Waals surface area contributed by atoms with E-state index in [0.717, 1.165) is 31.2 Å². The zero-order chi connectivity index (χ0) is 11.5. The Morgan fingerprint density at radius 2 is 2.31 bits per heavy atom. The molecule has 0 aromatic carbocycles. The summed E-state index contributed by atoms with van der Waals surface area (Å²) in [5.74, 6) is 0.0788. The van der Waals surface area contributed by atoms with Crippen LogP contribution < -0.4 is 11.1 Å². The van der Waals surface area contributed by atoms with Crippen LogP contribution in [0.1, 0.15) is 41.8 Å². The minimum absolute atomic E-state index is 0.0564. The molecule has 1 fully saturated rings. The lowest BCUT2D eigenvalue weighted by molar-refractivity contribution is 0.0883. The number of amides is 1. The van der Waals surface area contributed by atoms with Gasteiger partial charge in [0.25, 0.3) is 5.91 Å². The van der Waals surface area contributed by atoms with Gasteiger partial charge in [-0.3, -0.25) is 4.79 Å². The lowest BCUT2D eigenvalue weighted by Gasteiger charge is -2.28. The monoisotopic (exact) mass is 223 g/mol. The minimum Gasteiger partial charge on any atom is -0.351 e.